The van der Waals surface area contributed by atoms with Gasteiger partial charge in [-0.05, 0) is 22.0 Å². The second-order valence-electron chi connectivity index (χ2n) is 4.43. The number of aromatic amines is 1. The Morgan fingerprint density at radius 3 is 3.00 bits per heavy atom. The molecule has 0 spiro atoms. The quantitative estimate of drug-likeness (QED) is 0.910. The molecule has 5 nitrogen and oxygen atoms in total. The molecule has 1 aliphatic rings. The summed E-state index contributed by atoms with van der Waals surface area (Å²) in [5.74, 6) is 0.982. The summed E-state index contributed by atoms with van der Waals surface area (Å²) in [6.45, 7) is 1.02. The van der Waals surface area contributed by atoms with Crippen molar-refractivity contribution in [1.82, 2.24) is 9.55 Å². The van der Waals surface area contributed by atoms with E-state index in [9.17, 15) is 9.59 Å². The molecule has 1 aromatic carbocycles. The predicted molar refractivity (Wildman–Crippen MR) is 73.7 cm³/mol. The van der Waals surface area contributed by atoms with Gasteiger partial charge in [-0.25, -0.2) is 4.79 Å². The first-order chi connectivity index (χ1) is 9.15. The molecule has 0 aliphatic carbocycles. The van der Waals surface area contributed by atoms with Crippen LogP contribution in [0.5, 0.6) is 5.75 Å². The van der Waals surface area contributed by atoms with Gasteiger partial charge in [0.2, 0.25) is 0 Å². The lowest BCUT2D eigenvalue weighted by atomic mass is 10.0. The van der Waals surface area contributed by atoms with Crippen LogP contribution in [0.1, 0.15) is 11.5 Å². The SMILES string of the molecule is O=c1[nH]c(=O)n(CC2COc3ccccc32)cc1Br. The van der Waals surface area contributed by atoms with E-state index < -0.39 is 11.2 Å². The topological polar surface area (TPSA) is 64.1 Å². The van der Waals surface area contributed by atoms with Gasteiger partial charge in [0.05, 0.1) is 11.1 Å². The van der Waals surface area contributed by atoms with Gasteiger partial charge in [-0.15, -0.1) is 0 Å². The van der Waals surface area contributed by atoms with Gasteiger partial charge in [-0.2, -0.15) is 0 Å². The number of halogens is 1. The molecule has 3 rings (SSSR count). The summed E-state index contributed by atoms with van der Waals surface area (Å²) < 4.78 is 7.41. The van der Waals surface area contributed by atoms with E-state index in [0.29, 0.717) is 17.6 Å². The van der Waals surface area contributed by atoms with Gasteiger partial charge in [0, 0.05) is 24.2 Å². The number of fused-ring (bicyclic) bond motifs is 1. The minimum absolute atomic E-state index is 0.117. The molecule has 98 valence electrons. The van der Waals surface area contributed by atoms with Crippen molar-refractivity contribution in [2.75, 3.05) is 6.61 Å². The van der Waals surface area contributed by atoms with Crippen LogP contribution in [0.25, 0.3) is 0 Å². The fourth-order valence-electron chi connectivity index (χ4n) is 2.24. The standard InChI is InChI=1S/C13H11BrN2O3/c14-10-6-16(13(18)15-12(10)17)5-8-7-19-11-4-2-1-3-9(8)11/h1-4,6,8H,5,7H2,(H,15,17,18). The molecule has 1 aromatic heterocycles. The molecule has 1 aliphatic heterocycles. The third kappa shape index (κ3) is 2.23. The van der Waals surface area contributed by atoms with Crippen LogP contribution < -0.4 is 16.0 Å². The zero-order valence-corrected chi connectivity index (χ0v) is 11.5. The number of hydrogen-bond acceptors (Lipinski definition) is 3. The number of hydrogen-bond donors (Lipinski definition) is 1. The Morgan fingerprint density at radius 1 is 1.37 bits per heavy atom. The first-order valence-corrected chi connectivity index (χ1v) is 6.65. The highest BCUT2D eigenvalue weighted by Gasteiger charge is 2.24. The molecule has 19 heavy (non-hydrogen) atoms. The minimum atomic E-state index is -0.413. The highest BCUT2D eigenvalue weighted by Crippen LogP contribution is 2.34. The summed E-state index contributed by atoms with van der Waals surface area (Å²) in [4.78, 5) is 25.3. The van der Waals surface area contributed by atoms with Gasteiger partial charge in [0.1, 0.15) is 5.75 Å². The summed E-state index contributed by atoms with van der Waals surface area (Å²) in [5.41, 5.74) is 0.277. The number of rotatable bonds is 2. The van der Waals surface area contributed by atoms with Crippen LogP contribution >= 0.6 is 15.9 Å². The average molecular weight is 323 g/mol. The fourth-order valence-corrected chi connectivity index (χ4v) is 2.58. The van der Waals surface area contributed by atoms with E-state index in [2.05, 4.69) is 20.9 Å². The molecule has 1 N–H and O–H groups in total. The van der Waals surface area contributed by atoms with Gasteiger partial charge in [0.25, 0.3) is 5.56 Å². The summed E-state index contributed by atoms with van der Waals surface area (Å²) in [5, 5.41) is 0. The predicted octanol–water partition coefficient (Wildman–Crippen LogP) is 1.48. The van der Waals surface area contributed by atoms with E-state index >= 15 is 0 Å². The number of H-pyrrole nitrogens is 1. The zero-order valence-electron chi connectivity index (χ0n) is 9.93. The number of aromatic nitrogens is 2. The molecule has 0 amide bonds. The Kier molecular flexibility index (Phi) is 3.02. The molecule has 0 bridgehead atoms. The van der Waals surface area contributed by atoms with Crippen molar-refractivity contribution in [2.24, 2.45) is 0 Å². The monoisotopic (exact) mass is 322 g/mol. The first kappa shape index (κ1) is 12.2. The fraction of sp³-hybridized carbons (Fsp3) is 0.231. The second kappa shape index (κ2) is 4.70. The summed E-state index contributed by atoms with van der Waals surface area (Å²) in [6, 6.07) is 7.79. The molecule has 0 saturated carbocycles. The number of nitrogens with zero attached hydrogens (tertiary/aromatic N) is 1. The van der Waals surface area contributed by atoms with Crippen molar-refractivity contribution in [2.45, 2.75) is 12.5 Å². The molecule has 1 atom stereocenters. The second-order valence-corrected chi connectivity index (χ2v) is 5.29. The Hall–Kier alpha value is -1.82. The Bertz CT molecular complexity index is 735. The van der Waals surface area contributed by atoms with Crippen LogP contribution in [0.15, 0.2) is 44.5 Å². The largest absolute Gasteiger partial charge is 0.493 e. The van der Waals surface area contributed by atoms with Crippen molar-refractivity contribution < 1.29 is 4.74 Å². The van der Waals surface area contributed by atoms with Gasteiger partial charge in [-0.3, -0.25) is 14.3 Å². The van der Waals surface area contributed by atoms with Crippen molar-refractivity contribution in [3.05, 3.63) is 61.3 Å². The van der Waals surface area contributed by atoms with Crippen LogP contribution in [0.4, 0.5) is 0 Å². The van der Waals surface area contributed by atoms with Crippen LogP contribution in [0.2, 0.25) is 0 Å². The van der Waals surface area contributed by atoms with E-state index in [-0.39, 0.29) is 5.92 Å². The molecule has 2 heterocycles. The van der Waals surface area contributed by atoms with Crippen LogP contribution in [0.3, 0.4) is 0 Å². The molecular weight excluding hydrogens is 312 g/mol. The molecule has 1 unspecified atom stereocenters. The third-order valence-electron chi connectivity index (χ3n) is 3.18. The molecular formula is C13H11BrN2O3. The van der Waals surface area contributed by atoms with E-state index in [1.807, 2.05) is 24.3 Å². The molecule has 6 heteroatoms. The third-order valence-corrected chi connectivity index (χ3v) is 3.75. The average Bonchev–Trinajstić information content (AvgIpc) is 2.80. The van der Waals surface area contributed by atoms with Crippen LogP contribution in [-0.2, 0) is 6.54 Å². The van der Waals surface area contributed by atoms with E-state index in [4.69, 9.17) is 4.74 Å². The maximum atomic E-state index is 11.7. The zero-order chi connectivity index (χ0) is 13.4. The number of benzene rings is 1. The van der Waals surface area contributed by atoms with Crippen molar-refractivity contribution in [1.29, 1.82) is 0 Å². The molecule has 0 saturated heterocycles. The number of para-hydroxylation sites is 1. The van der Waals surface area contributed by atoms with Crippen molar-refractivity contribution >= 4 is 15.9 Å². The summed E-state index contributed by atoms with van der Waals surface area (Å²) in [7, 11) is 0. The highest BCUT2D eigenvalue weighted by molar-refractivity contribution is 9.10. The van der Waals surface area contributed by atoms with E-state index in [1.54, 1.807) is 0 Å². The normalized spacial score (nSPS) is 17.0. The van der Waals surface area contributed by atoms with E-state index in [1.165, 1.54) is 10.8 Å². The van der Waals surface area contributed by atoms with Gasteiger partial charge in [0.15, 0.2) is 0 Å². The molecule has 2 aromatic rings. The Morgan fingerprint density at radius 2 is 2.16 bits per heavy atom. The molecule has 0 radical (unpaired) electrons. The summed E-state index contributed by atoms with van der Waals surface area (Å²) >= 11 is 3.13. The lowest BCUT2D eigenvalue weighted by molar-refractivity contribution is 0.317. The summed E-state index contributed by atoms with van der Waals surface area (Å²) in [6.07, 6.45) is 1.52. The maximum absolute atomic E-state index is 11.7. The van der Waals surface area contributed by atoms with Gasteiger partial charge < -0.3 is 4.74 Å². The van der Waals surface area contributed by atoms with E-state index in [0.717, 1.165) is 11.3 Å². The highest BCUT2D eigenvalue weighted by atomic mass is 79.9. The lowest BCUT2D eigenvalue weighted by Crippen LogP contribution is -2.31. The minimum Gasteiger partial charge on any atom is -0.493 e. The maximum Gasteiger partial charge on any atom is 0.328 e. The van der Waals surface area contributed by atoms with Crippen LogP contribution in [-0.4, -0.2) is 16.2 Å². The van der Waals surface area contributed by atoms with Gasteiger partial charge >= 0.3 is 5.69 Å². The number of nitrogens with one attached hydrogen (secondary N) is 1. The van der Waals surface area contributed by atoms with Crippen molar-refractivity contribution in [3.63, 3.8) is 0 Å². The Balaban J connectivity index is 1.94. The number of ether oxygens (including phenoxy) is 1. The van der Waals surface area contributed by atoms with Gasteiger partial charge in [-0.1, -0.05) is 18.2 Å². The van der Waals surface area contributed by atoms with Crippen LogP contribution in [0, 0.1) is 0 Å². The smallest absolute Gasteiger partial charge is 0.328 e. The lowest BCUT2D eigenvalue weighted by Gasteiger charge is -2.11. The Labute approximate surface area is 117 Å². The van der Waals surface area contributed by atoms with Crippen molar-refractivity contribution in [3.8, 4) is 5.75 Å². The first-order valence-electron chi connectivity index (χ1n) is 5.86. The molecule has 0 fully saturated rings.